The van der Waals surface area contributed by atoms with Gasteiger partial charge in [-0.3, -0.25) is 0 Å². The van der Waals surface area contributed by atoms with Gasteiger partial charge in [0.15, 0.2) is 0 Å². The van der Waals surface area contributed by atoms with E-state index in [1.54, 1.807) is 23.5 Å². The highest BCUT2D eigenvalue weighted by Crippen LogP contribution is 2.27. The largest absolute Gasteiger partial charge is 0.367 e. The lowest BCUT2D eigenvalue weighted by Crippen LogP contribution is -2.17. The van der Waals surface area contributed by atoms with Crippen molar-refractivity contribution in [1.29, 1.82) is 5.26 Å². The van der Waals surface area contributed by atoms with Gasteiger partial charge in [0.1, 0.15) is 0 Å². The zero-order chi connectivity index (χ0) is 13.1. The van der Waals surface area contributed by atoms with Gasteiger partial charge in [-0.25, -0.2) is 4.98 Å². The molecule has 5 heteroatoms. The summed E-state index contributed by atoms with van der Waals surface area (Å²) in [5.74, 6) is 0. The number of nitriles is 1. The predicted octanol–water partition coefficient (Wildman–Crippen LogP) is 3.61. The van der Waals surface area contributed by atoms with Gasteiger partial charge in [-0.05, 0) is 25.1 Å². The molecule has 0 aliphatic rings. The van der Waals surface area contributed by atoms with Crippen LogP contribution >= 0.6 is 22.9 Å². The zero-order valence-electron chi connectivity index (χ0n) is 10.1. The molecule has 92 valence electrons. The number of hydrogen-bond acceptors (Lipinski definition) is 4. The van der Waals surface area contributed by atoms with Gasteiger partial charge in [0.05, 0.1) is 39.6 Å². The summed E-state index contributed by atoms with van der Waals surface area (Å²) in [6, 6.07) is 7.38. The van der Waals surface area contributed by atoms with Crippen LogP contribution in [0.4, 0.5) is 5.69 Å². The maximum absolute atomic E-state index is 8.80. The van der Waals surface area contributed by atoms with E-state index in [4.69, 9.17) is 16.9 Å². The molecule has 0 spiro atoms. The zero-order valence-corrected chi connectivity index (χ0v) is 11.7. The Morgan fingerprint density at radius 3 is 2.83 bits per heavy atom. The average molecular weight is 278 g/mol. The second-order valence-corrected chi connectivity index (χ2v) is 5.46. The Bertz CT molecular complexity index is 601. The van der Waals surface area contributed by atoms with Crippen LogP contribution in [0.5, 0.6) is 0 Å². The van der Waals surface area contributed by atoms with Gasteiger partial charge < -0.3 is 4.90 Å². The molecule has 0 aliphatic carbocycles. The summed E-state index contributed by atoms with van der Waals surface area (Å²) >= 11 is 7.80. The summed E-state index contributed by atoms with van der Waals surface area (Å²) in [6.45, 7) is 2.69. The molecule has 0 N–H and O–H groups in total. The molecule has 0 saturated heterocycles. The van der Waals surface area contributed by atoms with Gasteiger partial charge in [-0.2, -0.15) is 5.26 Å². The number of hydrogen-bond donors (Lipinski definition) is 0. The van der Waals surface area contributed by atoms with Crippen molar-refractivity contribution in [1.82, 2.24) is 4.98 Å². The third-order valence-corrected chi connectivity index (χ3v) is 3.68. The molecule has 0 fully saturated rings. The number of nitrogens with zero attached hydrogens (tertiary/aromatic N) is 3. The summed E-state index contributed by atoms with van der Waals surface area (Å²) in [5.41, 5.74) is 2.50. The van der Waals surface area contributed by atoms with Crippen LogP contribution in [0.3, 0.4) is 0 Å². The first-order valence-corrected chi connectivity index (χ1v) is 6.67. The van der Waals surface area contributed by atoms with Crippen molar-refractivity contribution in [3.63, 3.8) is 0 Å². The monoisotopic (exact) mass is 277 g/mol. The van der Waals surface area contributed by atoms with Crippen LogP contribution in [0.1, 0.15) is 16.3 Å². The van der Waals surface area contributed by atoms with E-state index in [0.717, 1.165) is 16.4 Å². The maximum Gasteiger partial charge on any atom is 0.0992 e. The smallest absolute Gasteiger partial charge is 0.0992 e. The molecule has 18 heavy (non-hydrogen) atoms. The topological polar surface area (TPSA) is 39.9 Å². The minimum absolute atomic E-state index is 0.571. The fourth-order valence-electron chi connectivity index (χ4n) is 1.70. The molecule has 0 bridgehead atoms. The lowest BCUT2D eigenvalue weighted by atomic mass is 10.2. The summed E-state index contributed by atoms with van der Waals surface area (Å²) in [7, 11) is 1.96. The Labute approximate surface area is 115 Å². The van der Waals surface area contributed by atoms with Crippen LogP contribution in [-0.4, -0.2) is 12.0 Å². The van der Waals surface area contributed by atoms with Crippen molar-refractivity contribution in [2.75, 3.05) is 11.9 Å². The summed E-state index contributed by atoms with van der Waals surface area (Å²) in [4.78, 5) is 6.45. The van der Waals surface area contributed by atoms with Crippen molar-refractivity contribution >= 4 is 28.6 Å². The van der Waals surface area contributed by atoms with Crippen molar-refractivity contribution in [3.8, 4) is 6.07 Å². The van der Waals surface area contributed by atoms with Gasteiger partial charge in [0.25, 0.3) is 0 Å². The second kappa shape index (κ2) is 5.38. The third-order valence-electron chi connectivity index (χ3n) is 2.55. The Morgan fingerprint density at radius 2 is 2.28 bits per heavy atom. The fraction of sp³-hybridized carbons (Fsp3) is 0.231. The fourth-order valence-corrected chi connectivity index (χ4v) is 2.62. The molecule has 2 rings (SSSR count). The van der Waals surface area contributed by atoms with E-state index in [1.807, 2.05) is 30.3 Å². The molecular weight excluding hydrogens is 266 g/mol. The summed E-state index contributed by atoms with van der Waals surface area (Å²) in [6.07, 6.45) is 0. The lowest BCUT2D eigenvalue weighted by Gasteiger charge is -2.19. The molecule has 3 nitrogen and oxygen atoms in total. The molecule has 0 saturated carbocycles. The molecule has 2 aromatic rings. The van der Waals surface area contributed by atoms with Crippen molar-refractivity contribution in [2.45, 2.75) is 13.5 Å². The van der Waals surface area contributed by atoms with Gasteiger partial charge in [-0.1, -0.05) is 11.6 Å². The average Bonchev–Trinajstić information content (AvgIpc) is 2.74. The molecule has 0 amide bonds. The Morgan fingerprint density at radius 1 is 1.50 bits per heavy atom. The number of anilines is 1. The molecule has 0 radical (unpaired) electrons. The lowest BCUT2D eigenvalue weighted by molar-refractivity contribution is 0.890. The quantitative estimate of drug-likeness (QED) is 0.860. The minimum Gasteiger partial charge on any atom is -0.367 e. The Balaban J connectivity index is 2.19. The molecule has 0 unspecified atom stereocenters. The predicted molar refractivity (Wildman–Crippen MR) is 75.1 cm³/mol. The Hall–Kier alpha value is -1.57. The van der Waals surface area contributed by atoms with E-state index in [-0.39, 0.29) is 0 Å². The first-order valence-electron chi connectivity index (χ1n) is 5.42. The molecular formula is C13H12ClN3S. The van der Waals surface area contributed by atoms with Crippen LogP contribution in [-0.2, 0) is 6.54 Å². The van der Waals surface area contributed by atoms with Crippen LogP contribution in [0.15, 0.2) is 23.6 Å². The summed E-state index contributed by atoms with van der Waals surface area (Å²) < 4.78 is 0. The highest BCUT2D eigenvalue weighted by molar-refractivity contribution is 7.09. The molecule has 0 atom stereocenters. The number of thiazole rings is 1. The minimum atomic E-state index is 0.571. The molecule has 1 aromatic carbocycles. The standard InChI is InChI=1S/C13H12ClN3S/c1-9-16-11(8-18-9)7-17(2)13-4-3-10(6-15)5-12(13)14/h3-5,8H,7H2,1-2H3. The van der Waals surface area contributed by atoms with Gasteiger partial charge in [0.2, 0.25) is 0 Å². The van der Waals surface area contributed by atoms with Crippen LogP contribution in [0.25, 0.3) is 0 Å². The van der Waals surface area contributed by atoms with Crippen LogP contribution < -0.4 is 4.90 Å². The number of halogens is 1. The van der Waals surface area contributed by atoms with E-state index in [9.17, 15) is 0 Å². The number of benzene rings is 1. The van der Waals surface area contributed by atoms with Crippen molar-refractivity contribution in [2.24, 2.45) is 0 Å². The van der Waals surface area contributed by atoms with E-state index >= 15 is 0 Å². The number of rotatable bonds is 3. The first-order chi connectivity index (χ1) is 8.60. The molecule has 1 heterocycles. The maximum atomic E-state index is 8.80. The first kappa shape index (κ1) is 12.9. The normalized spacial score (nSPS) is 10.1. The van der Waals surface area contributed by atoms with Gasteiger partial charge >= 0.3 is 0 Å². The van der Waals surface area contributed by atoms with Crippen LogP contribution in [0, 0.1) is 18.3 Å². The Kier molecular flexibility index (Phi) is 3.85. The van der Waals surface area contributed by atoms with Crippen LogP contribution in [0.2, 0.25) is 5.02 Å². The van der Waals surface area contributed by atoms with E-state index < -0.39 is 0 Å². The van der Waals surface area contributed by atoms with E-state index in [0.29, 0.717) is 17.1 Å². The molecule has 1 aromatic heterocycles. The number of aryl methyl sites for hydroxylation is 1. The molecule has 0 aliphatic heterocycles. The SMILES string of the molecule is Cc1nc(CN(C)c2ccc(C#N)cc2Cl)cs1. The van der Waals surface area contributed by atoms with E-state index in [1.165, 1.54) is 0 Å². The van der Waals surface area contributed by atoms with Gasteiger partial charge in [0, 0.05) is 12.4 Å². The van der Waals surface area contributed by atoms with Crippen molar-refractivity contribution in [3.05, 3.63) is 44.9 Å². The van der Waals surface area contributed by atoms with Gasteiger partial charge in [-0.15, -0.1) is 11.3 Å². The highest BCUT2D eigenvalue weighted by atomic mass is 35.5. The third kappa shape index (κ3) is 2.81. The second-order valence-electron chi connectivity index (χ2n) is 3.99. The highest BCUT2D eigenvalue weighted by Gasteiger charge is 2.09. The van der Waals surface area contributed by atoms with E-state index in [2.05, 4.69) is 11.1 Å². The number of aromatic nitrogens is 1. The summed E-state index contributed by atoms with van der Waals surface area (Å²) in [5, 5.41) is 12.5. The van der Waals surface area contributed by atoms with Crippen molar-refractivity contribution < 1.29 is 0 Å².